The lowest BCUT2D eigenvalue weighted by molar-refractivity contribution is 0.0956. The van der Waals surface area contributed by atoms with E-state index in [1.807, 2.05) is 13.8 Å². The van der Waals surface area contributed by atoms with Crippen LogP contribution in [0.4, 0.5) is 17.5 Å². The summed E-state index contributed by atoms with van der Waals surface area (Å²) in [6.07, 6.45) is 4.73. The second-order valence-corrected chi connectivity index (χ2v) is 10.7. The topological polar surface area (TPSA) is 118 Å². The molecule has 1 fully saturated rings. The Balaban J connectivity index is 1.57. The summed E-state index contributed by atoms with van der Waals surface area (Å²) in [6, 6.07) is 15.7. The minimum atomic E-state index is -3.87. The number of benzene rings is 2. The van der Waals surface area contributed by atoms with Crippen molar-refractivity contribution in [1.82, 2.24) is 19.3 Å². The van der Waals surface area contributed by atoms with E-state index in [2.05, 4.69) is 25.9 Å². The van der Waals surface area contributed by atoms with Crippen LogP contribution in [0.5, 0.6) is 0 Å². The Morgan fingerprint density at radius 1 is 1.08 bits per heavy atom. The molecule has 2 aromatic heterocycles. The van der Waals surface area contributed by atoms with Crippen molar-refractivity contribution >= 4 is 44.4 Å². The van der Waals surface area contributed by atoms with E-state index in [4.69, 9.17) is 0 Å². The molecule has 2 heterocycles. The number of amides is 1. The number of fused-ring (bicyclic) bond motifs is 1. The SMILES string of the molecule is CCNC(=O)c1cccc(Nc2nc(NC3CCC3)c3ccn(S(=O)(=O)c4ccc(C)cc4)c3n2)c1. The van der Waals surface area contributed by atoms with Gasteiger partial charge in [-0.05, 0) is 69.5 Å². The molecule has 1 amide bonds. The first-order chi connectivity index (χ1) is 17.3. The van der Waals surface area contributed by atoms with E-state index < -0.39 is 10.0 Å². The second-order valence-electron chi connectivity index (χ2n) is 8.90. The summed E-state index contributed by atoms with van der Waals surface area (Å²) < 4.78 is 28.2. The summed E-state index contributed by atoms with van der Waals surface area (Å²) in [5, 5.41) is 10.00. The predicted molar refractivity (Wildman–Crippen MR) is 140 cm³/mol. The Morgan fingerprint density at radius 3 is 2.56 bits per heavy atom. The van der Waals surface area contributed by atoms with E-state index in [1.54, 1.807) is 54.6 Å². The number of aryl methyl sites for hydroxylation is 1. The summed E-state index contributed by atoms with van der Waals surface area (Å²) in [5.74, 6) is 0.629. The largest absolute Gasteiger partial charge is 0.367 e. The van der Waals surface area contributed by atoms with Gasteiger partial charge in [-0.25, -0.2) is 12.4 Å². The number of rotatable bonds is 8. The second kappa shape index (κ2) is 9.62. The summed E-state index contributed by atoms with van der Waals surface area (Å²) in [7, 11) is -3.87. The fourth-order valence-electron chi connectivity index (χ4n) is 4.05. The number of nitrogens with zero attached hydrogens (tertiary/aromatic N) is 3. The van der Waals surface area contributed by atoms with Gasteiger partial charge < -0.3 is 16.0 Å². The Labute approximate surface area is 210 Å². The molecule has 0 spiro atoms. The molecule has 0 saturated heterocycles. The standard InChI is InChI=1S/C26H28N6O3S/c1-3-27-25(33)18-6-4-9-20(16-18)29-26-30-23(28-19-7-5-8-19)22-14-15-32(24(22)31-26)36(34,35)21-12-10-17(2)11-13-21/h4,6,9-16,19H,3,5,7-8H2,1-2H3,(H,27,33)(H2,28,29,30,31). The number of nitrogens with one attached hydrogen (secondary N) is 3. The highest BCUT2D eigenvalue weighted by Crippen LogP contribution is 2.31. The smallest absolute Gasteiger partial charge is 0.269 e. The lowest BCUT2D eigenvalue weighted by Gasteiger charge is -2.27. The highest BCUT2D eigenvalue weighted by atomic mass is 32.2. The molecule has 1 aliphatic carbocycles. The van der Waals surface area contributed by atoms with Gasteiger partial charge >= 0.3 is 0 Å². The molecule has 36 heavy (non-hydrogen) atoms. The molecule has 10 heteroatoms. The molecule has 4 aromatic rings. The minimum Gasteiger partial charge on any atom is -0.367 e. The van der Waals surface area contributed by atoms with Gasteiger partial charge in [0.25, 0.3) is 15.9 Å². The van der Waals surface area contributed by atoms with E-state index >= 15 is 0 Å². The van der Waals surface area contributed by atoms with Crippen LogP contribution >= 0.6 is 0 Å². The number of anilines is 3. The van der Waals surface area contributed by atoms with Crippen LogP contribution in [0.3, 0.4) is 0 Å². The van der Waals surface area contributed by atoms with Crippen LogP contribution in [0.2, 0.25) is 0 Å². The zero-order valence-electron chi connectivity index (χ0n) is 20.2. The lowest BCUT2D eigenvalue weighted by atomic mass is 9.93. The molecular weight excluding hydrogens is 476 g/mol. The Hall–Kier alpha value is -3.92. The highest BCUT2D eigenvalue weighted by molar-refractivity contribution is 7.90. The van der Waals surface area contributed by atoms with Gasteiger partial charge in [-0.15, -0.1) is 0 Å². The normalized spacial score (nSPS) is 13.8. The number of carbonyl (C=O) groups excluding carboxylic acids is 1. The van der Waals surface area contributed by atoms with E-state index in [9.17, 15) is 13.2 Å². The number of hydrogen-bond donors (Lipinski definition) is 3. The van der Waals surface area contributed by atoms with Crippen molar-refractivity contribution < 1.29 is 13.2 Å². The van der Waals surface area contributed by atoms with Crippen molar-refractivity contribution in [2.24, 2.45) is 0 Å². The zero-order chi connectivity index (χ0) is 25.3. The lowest BCUT2D eigenvalue weighted by Crippen LogP contribution is -2.27. The van der Waals surface area contributed by atoms with E-state index in [1.165, 1.54) is 10.2 Å². The van der Waals surface area contributed by atoms with Crippen LogP contribution in [0.15, 0.2) is 65.7 Å². The molecule has 186 valence electrons. The van der Waals surface area contributed by atoms with Gasteiger partial charge in [0, 0.05) is 30.0 Å². The Bertz CT molecular complexity index is 1530. The molecule has 9 nitrogen and oxygen atoms in total. The maximum Gasteiger partial charge on any atom is 0.269 e. The minimum absolute atomic E-state index is 0.178. The molecule has 1 aliphatic rings. The first kappa shape index (κ1) is 23.8. The summed E-state index contributed by atoms with van der Waals surface area (Å²) >= 11 is 0. The molecule has 3 N–H and O–H groups in total. The van der Waals surface area contributed by atoms with Crippen molar-refractivity contribution in [3.63, 3.8) is 0 Å². The number of hydrogen-bond acceptors (Lipinski definition) is 7. The highest BCUT2D eigenvalue weighted by Gasteiger charge is 2.24. The fraction of sp³-hybridized carbons (Fsp3) is 0.269. The monoisotopic (exact) mass is 504 g/mol. The third-order valence-corrected chi connectivity index (χ3v) is 7.93. The van der Waals surface area contributed by atoms with Crippen molar-refractivity contribution in [2.75, 3.05) is 17.2 Å². The Kier molecular flexibility index (Phi) is 6.36. The van der Waals surface area contributed by atoms with Crippen LogP contribution in [-0.4, -0.2) is 40.9 Å². The molecule has 1 saturated carbocycles. The van der Waals surface area contributed by atoms with Gasteiger partial charge in [-0.3, -0.25) is 4.79 Å². The van der Waals surface area contributed by atoms with Crippen molar-refractivity contribution in [3.8, 4) is 0 Å². The van der Waals surface area contributed by atoms with Crippen LogP contribution in [-0.2, 0) is 10.0 Å². The molecule has 2 aromatic carbocycles. The third-order valence-electron chi connectivity index (χ3n) is 6.25. The van der Waals surface area contributed by atoms with Gasteiger partial charge in [-0.1, -0.05) is 23.8 Å². The van der Waals surface area contributed by atoms with Crippen molar-refractivity contribution in [3.05, 3.63) is 71.9 Å². The van der Waals surface area contributed by atoms with Crippen molar-refractivity contribution in [2.45, 2.75) is 44.0 Å². The maximum atomic E-state index is 13.5. The molecule has 0 radical (unpaired) electrons. The van der Waals surface area contributed by atoms with Crippen LogP contribution < -0.4 is 16.0 Å². The first-order valence-electron chi connectivity index (χ1n) is 12.0. The molecule has 0 aliphatic heterocycles. The third kappa shape index (κ3) is 4.64. The van der Waals surface area contributed by atoms with Crippen molar-refractivity contribution in [1.29, 1.82) is 0 Å². The zero-order valence-corrected chi connectivity index (χ0v) is 21.0. The van der Waals surface area contributed by atoms with Crippen LogP contribution in [0.25, 0.3) is 11.0 Å². The summed E-state index contributed by atoms with van der Waals surface area (Å²) in [4.78, 5) is 21.7. The first-order valence-corrected chi connectivity index (χ1v) is 13.4. The van der Waals surface area contributed by atoms with Gasteiger partial charge in [0.1, 0.15) is 5.82 Å². The van der Waals surface area contributed by atoms with Gasteiger partial charge in [-0.2, -0.15) is 9.97 Å². The van der Waals surface area contributed by atoms with Gasteiger partial charge in [0.05, 0.1) is 10.3 Å². The van der Waals surface area contributed by atoms with E-state index in [0.29, 0.717) is 29.0 Å². The van der Waals surface area contributed by atoms with E-state index in [-0.39, 0.29) is 28.4 Å². The quantitative estimate of drug-likeness (QED) is 0.325. The molecule has 0 unspecified atom stereocenters. The van der Waals surface area contributed by atoms with Crippen LogP contribution in [0.1, 0.15) is 42.1 Å². The average Bonchev–Trinajstić information content (AvgIpc) is 3.27. The number of aromatic nitrogens is 3. The van der Waals surface area contributed by atoms with Crippen LogP contribution in [0, 0.1) is 6.92 Å². The van der Waals surface area contributed by atoms with E-state index in [0.717, 1.165) is 24.8 Å². The average molecular weight is 505 g/mol. The number of carbonyl (C=O) groups is 1. The summed E-state index contributed by atoms with van der Waals surface area (Å²) in [6.45, 7) is 4.30. The maximum absolute atomic E-state index is 13.5. The summed E-state index contributed by atoms with van der Waals surface area (Å²) in [5.41, 5.74) is 2.37. The predicted octanol–water partition coefficient (Wildman–Crippen LogP) is 4.43. The molecular formula is C26H28N6O3S. The van der Waals surface area contributed by atoms with Gasteiger partial charge in [0.2, 0.25) is 5.95 Å². The Morgan fingerprint density at radius 2 is 1.86 bits per heavy atom. The van der Waals surface area contributed by atoms with Gasteiger partial charge in [0.15, 0.2) is 5.65 Å². The molecule has 0 atom stereocenters. The fourth-order valence-corrected chi connectivity index (χ4v) is 5.35. The molecule has 0 bridgehead atoms. The molecule has 5 rings (SSSR count).